The predicted molar refractivity (Wildman–Crippen MR) is 333 cm³/mol. The van der Waals surface area contributed by atoms with Gasteiger partial charge in [0.1, 0.15) is 54.0 Å². The quantitative estimate of drug-likeness (QED) is 0.0883. The molecule has 0 saturated carbocycles. The summed E-state index contributed by atoms with van der Waals surface area (Å²) in [5.41, 5.74) is 9.55. The Kier molecular flexibility index (Phi) is 24.2. The minimum atomic E-state index is 0.474. The maximum absolute atomic E-state index is 11.8. The molecule has 10 aromatic rings. The van der Waals surface area contributed by atoms with Crippen molar-refractivity contribution in [2.45, 2.75) is 13.8 Å². The van der Waals surface area contributed by atoms with Gasteiger partial charge in [0.25, 0.3) is 9.21 Å². The summed E-state index contributed by atoms with van der Waals surface area (Å²) in [6.07, 6.45) is 0. The maximum Gasteiger partial charge on any atom is 0.259 e. The molecule has 0 bridgehead atoms. The fourth-order valence-corrected chi connectivity index (χ4v) is 10.2. The minimum absolute atomic E-state index is 0.474. The van der Waals surface area contributed by atoms with Crippen LogP contribution in [-0.2, 0) is 0 Å². The smallest absolute Gasteiger partial charge is 0.259 e. The highest BCUT2D eigenvalue weighted by atomic mass is 79.9. The number of methoxy groups -OCH3 is 1. The van der Waals surface area contributed by atoms with E-state index in [1.165, 1.54) is 0 Å². The van der Waals surface area contributed by atoms with Gasteiger partial charge in [-0.1, -0.05) is 36.4 Å². The van der Waals surface area contributed by atoms with Crippen molar-refractivity contribution in [2.24, 2.45) is 0 Å². The molecule has 0 N–H and O–H groups in total. The molecule has 0 amide bonds. The third-order valence-corrected chi connectivity index (χ3v) is 14.2. The topological polar surface area (TPSA) is 166 Å². The van der Waals surface area contributed by atoms with E-state index >= 15 is 0 Å². The molecule has 10 heterocycles. The molecule has 10 aromatic heterocycles. The van der Waals surface area contributed by atoms with E-state index in [0.29, 0.717) is 41.2 Å². The van der Waals surface area contributed by atoms with Gasteiger partial charge in [0.15, 0.2) is 0 Å². The van der Waals surface area contributed by atoms with Crippen LogP contribution in [0.1, 0.15) is 11.1 Å². The zero-order valence-corrected chi connectivity index (χ0v) is 55.4. The summed E-state index contributed by atoms with van der Waals surface area (Å²) in [6.45, 7) is 3.97. The molecule has 0 aliphatic carbocycles. The normalized spacial score (nSPS) is 10.3. The molecule has 0 saturated heterocycles. The Hall–Kier alpha value is -4.30. The molecule has 0 aromatic carbocycles. The Balaban J connectivity index is 0.000000154. The standard InChI is InChI=1S/2C11H8Br2N2O.C11H8Br2N2.C10H6Br2N2O.C10H6Br2N2/c1-16-7-5-9(15-11(13)6-7)8-3-2-4-10(12)14-8;1-7-5-9(15(16)11(13)6-7)8-3-2-4-10(12)14-8;1-7-5-9(15-11(13)6-7)8-3-2-4-10(12)14-8;11-9-5-1-3-7(13-9)8-4-2-6-10(12)14(8)15;11-9-5-1-3-7(13-9)8-4-2-6-10(12)14-8/h2*2-6H,1H3;2-6H,1H3;1-6H;1-6H. The van der Waals surface area contributed by atoms with Gasteiger partial charge in [-0.3, -0.25) is 0 Å². The number of hydrogen-bond donors (Lipinski definition) is 0. The lowest BCUT2D eigenvalue weighted by Crippen LogP contribution is -2.31. The summed E-state index contributed by atoms with van der Waals surface area (Å²) in [4.78, 5) is 34.5. The molecule has 0 unspecified atom stereocenters. The fraction of sp³-hybridized carbons (Fsp3) is 0.0566. The van der Waals surface area contributed by atoms with Crippen molar-refractivity contribution in [1.82, 2.24) is 39.9 Å². The van der Waals surface area contributed by atoms with E-state index in [9.17, 15) is 10.4 Å². The molecule has 0 fully saturated rings. The van der Waals surface area contributed by atoms with Crippen LogP contribution in [0.25, 0.3) is 56.9 Å². The summed E-state index contributed by atoms with van der Waals surface area (Å²) < 4.78 is 14.0. The largest absolute Gasteiger partial charge is 0.617 e. The highest BCUT2D eigenvalue weighted by Crippen LogP contribution is 2.26. The maximum atomic E-state index is 11.8. The number of rotatable bonds is 6. The van der Waals surface area contributed by atoms with Gasteiger partial charge in [0.05, 0.1) is 41.3 Å². The Labute approximate surface area is 522 Å². The number of hydrogen-bond acceptors (Lipinski definition) is 11. The van der Waals surface area contributed by atoms with E-state index in [2.05, 4.69) is 199 Å². The molecule has 0 atom stereocenters. The average molecular weight is 1660 g/mol. The average Bonchev–Trinajstić information content (AvgIpc) is 3.39. The Morgan fingerprint density at radius 2 is 0.645 bits per heavy atom. The first-order valence-corrected chi connectivity index (χ1v) is 29.7. The van der Waals surface area contributed by atoms with E-state index in [1.807, 2.05) is 141 Å². The van der Waals surface area contributed by atoms with Gasteiger partial charge < -0.3 is 15.2 Å². The lowest BCUT2D eigenvalue weighted by molar-refractivity contribution is -0.606. The van der Waals surface area contributed by atoms with Gasteiger partial charge in [-0.05, 0) is 243 Å². The number of nitrogens with zero attached hydrogens (tertiary/aromatic N) is 10. The van der Waals surface area contributed by atoms with E-state index < -0.39 is 0 Å². The minimum Gasteiger partial charge on any atom is -0.617 e. The highest BCUT2D eigenvalue weighted by Gasteiger charge is 2.15. The van der Waals surface area contributed by atoms with Crippen LogP contribution < -0.4 is 14.2 Å². The number of aryl methyl sites for hydroxylation is 2. The van der Waals surface area contributed by atoms with Gasteiger partial charge in [-0.25, -0.2) is 39.9 Å². The SMILES string of the molecule is Brc1cccc(-c2cccc(Br)n2)n1.COc1cc(Br)nc(-c2cccc(Br)n2)c1.Cc1cc(Br)[n+]([O-])c(-c2cccc(Br)n2)c1.Cc1cc(Br)nc(-c2cccc(Br)n2)c1.[O-][n+]1c(Br)cccc1-c1cccc(Br)n1. The zero-order valence-electron chi connectivity index (χ0n) is 39.6. The Morgan fingerprint density at radius 3 is 1.07 bits per heavy atom. The summed E-state index contributed by atoms with van der Waals surface area (Å²) >= 11 is 33.0. The van der Waals surface area contributed by atoms with Gasteiger partial charge in [0.2, 0.25) is 11.4 Å². The molecular weight excluding hydrogens is 1620 g/mol. The second-order valence-electron chi connectivity index (χ2n) is 15.2. The second kappa shape index (κ2) is 30.2. The van der Waals surface area contributed by atoms with Crippen LogP contribution >= 0.6 is 159 Å². The van der Waals surface area contributed by atoms with Gasteiger partial charge in [0, 0.05) is 68.3 Å². The van der Waals surface area contributed by atoms with E-state index in [1.54, 1.807) is 43.5 Å². The van der Waals surface area contributed by atoms with E-state index in [0.717, 1.165) is 88.1 Å². The molecule has 0 spiro atoms. The van der Waals surface area contributed by atoms with Crippen molar-refractivity contribution in [3.8, 4) is 62.7 Å². The molecule has 0 aliphatic rings. The molecule has 0 radical (unpaired) electrons. The van der Waals surface area contributed by atoms with Gasteiger partial charge >= 0.3 is 0 Å². The first-order valence-electron chi connectivity index (χ1n) is 21.8. The van der Waals surface area contributed by atoms with Crippen LogP contribution in [0.3, 0.4) is 0 Å². The number of halogens is 10. The zero-order chi connectivity index (χ0) is 54.9. The molecule has 23 heteroatoms. The van der Waals surface area contributed by atoms with Crippen molar-refractivity contribution in [2.75, 3.05) is 7.11 Å². The molecule has 10 rings (SSSR count). The van der Waals surface area contributed by atoms with Crippen molar-refractivity contribution in [3.05, 3.63) is 231 Å². The van der Waals surface area contributed by atoms with E-state index in [-0.39, 0.29) is 0 Å². The highest BCUT2D eigenvalue weighted by molar-refractivity contribution is 9.12. The first kappa shape index (κ1) is 60.9. The number of pyridine rings is 10. The summed E-state index contributed by atoms with van der Waals surface area (Å²) in [6, 6.07) is 50.4. The van der Waals surface area contributed by atoms with Gasteiger partial charge in [-0.15, -0.1) is 0 Å². The molecule has 13 nitrogen and oxygen atoms in total. The van der Waals surface area contributed by atoms with Crippen LogP contribution in [0.5, 0.6) is 5.75 Å². The molecule has 0 aliphatic heterocycles. The monoisotopic (exact) mass is 1650 g/mol. The third-order valence-electron chi connectivity index (χ3n) is 9.57. The molecular formula is C53H36Br10N10O3. The van der Waals surface area contributed by atoms with Crippen LogP contribution in [0.2, 0.25) is 0 Å². The fourth-order valence-electron chi connectivity index (χ4n) is 6.30. The Morgan fingerprint density at radius 1 is 0.316 bits per heavy atom. The van der Waals surface area contributed by atoms with Gasteiger partial charge in [-0.2, -0.15) is 9.46 Å². The second-order valence-corrected chi connectivity index (χ2v) is 23.3. The molecule has 386 valence electrons. The van der Waals surface area contributed by atoms with Crippen LogP contribution in [0.15, 0.2) is 210 Å². The van der Waals surface area contributed by atoms with Crippen LogP contribution in [-0.4, -0.2) is 47.0 Å². The summed E-state index contributed by atoms with van der Waals surface area (Å²) in [7, 11) is 1.62. The van der Waals surface area contributed by atoms with Crippen LogP contribution in [0.4, 0.5) is 0 Å². The lowest BCUT2D eigenvalue weighted by Gasteiger charge is -2.06. The number of aromatic nitrogens is 10. The predicted octanol–water partition coefficient (Wildman–Crippen LogP) is 17.4. The number of ether oxygens (including phenoxy) is 1. The molecule has 76 heavy (non-hydrogen) atoms. The van der Waals surface area contributed by atoms with Crippen LogP contribution in [0, 0.1) is 24.3 Å². The summed E-state index contributed by atoms with van der Waals surface area (Å²) in [5, 5.41) is 23.5. The van der Waals surface area contributed by atoms with Crippen molar-refractivity contribution < 1.29 is 14.2 Å². The van der Waals surface area contributed by atoms with E-state index in [4.69, 9.17) is 4.74 Å². The van der Waals surface area contributed by atoms with Crippen molar-refractivity contribution >= 4 is 159 Å². The Bertz CT molecular complexity index is 3540. The van der Waals surface area contributed by atoms with Crippen molar-refractivity contribution in [1.29, 1.82) is 0 Å². The lowest BCUT2D eigenvalue weighted by atomic mass is 10.2. The third kappa shape index (κ3) is 19.0. The first-order chi connectivity index (χ1) is 36.3. The van der Waals surface area contributed by atoms with Crippen molar-refractivity contribution in [3.63, 3.8) is 0 Å². The summed E-state index contributed by atoms with van der Waals surface area (Å²) in [5.74, 6) is 0.749.